The summed E-state index contributed by atoms with van der Waals surface area (Å²) >= 11 is 0. The zero-order valence-corrected chi connectivity index (χ0v) is 16.3. The largest absolute Gasteiger partial charge is 0.349 e. The van der Waals surface area contributed by atoms with E-state index < -0.39 is 0 Å². The molecule has 1 saturated heterocycles. The molecule has 1 aliphatic rings. The van der Waals surface area contributed by atoms with Crippen LogP contribution in [-0.2, 0) is 11.2 Å². The fraction of sp³-hybridized carbons (Fsp3) is 0.364. The minimum Gasteiger partial charge on any atom is -0.349 e. The van der Waals surface area contributed by atoms with E-state index in [4.69, 9.17) is 0 Å². The second-order valence-electron chi connectivity index (χ2n) is 7.51. The first-order valence-electron chi connectivity index (χ1n) is 10.1. The SMILES string of the molecule is O=C(NC1CCN(C(=O)CCCc2ccccc2)CC1)c1ccc2[nH]nnc2c1. The van der Waals surface area contributed by atoms with Gasteiger partial charge >= 0.3 is 0 Å². The van der Waals surface area contributed by atoms with Crippen molar-refractivity contribution in [1.82, 2.24) is 25.6 Å². The molecule has 7 heteroatoms. The molecule has 0 atom stereocenters. The molecule has 150 valence electrons. The van der Waals surface area contributed by atoms with Gasteiger partial charge in [-0.2, -0.15) is 0 Å². The lowest BCUT2D eigenvalue weighted by atomic mass is 10.0. The van der Waals surface area contributed by atoms with E-state index >= 15 is 0 Å². The lowest BCUT2D eigenvalue weighted by Gasteiger charge is -2.32. The van der Waals surface area contributed by atoms with Crippen LogP contribution in [0.5, 0.6) is 0 Å². The van der Waals surface area contributed by atoms with Crippen LogP contribution in [0.15, 0.2) is 48.5 Å². The number of H-pyrrole nitrogens is 1. The number of rotatable bonds is 6. The molecule has 1 fully saturated rings. The summed E-state index contributed by atoms with van der Waals surface area (Å²) in [7, 11) is 0. The maximum absolute atomic E-state index is 12.5. The van der Waals surface area contributed by atoms with Crippen LogP contribution in [0.4, 0.5) is 0 Å². The van der Waals surface area contributed by atoms with Crippen LogP contribution >= 0.6 is 0 Å². The number of benzene rings is 2. The molecular weight excluding hydrogens is 366 g/mol. The Bertz CT molecular complexity index is 977. The maximum Gasteiger partial charge on any atom is 0.251 e. The number of carbonyl (C=O) groups excluding carboxylic acids is 2. The zero-order chi connectivity index (χ0) is 20.1. The Hall–Kier alpha value is -3.22. The first kappa shape index (κ1) is 19.1. The quantitative estimate of drug-likeness (QED) is 0.676. The molecule has 0 aliphatic carbocycles. The van der Waals surface area contributed by atoms with Gasteiger partial charge in [-0.1, -0.05) is 35.5 Å². The second kappa shape index (κ2) is 8.86. The van der Waals surface area contributed by atoms with Crippen LogP contribution in [0.2, 0.25) is 0 Å². The number of aromatic amines is 1. The van der Waals surface area contributed by atoms with E-state index in [2.05, 4.69) is 32.9 Å². The second-order valence-corrected chi connectivity index (χ2v) is 7.51. The highest BCUT2D eigenvalue weighted by Crippen LogP contribution is 2.15. The van der Waals surface area contributed by atoms with E-state index in [9.17, 15) is 9.59 Å². The monoisotopic (exact) mass is 391 g/mol. The van der Waals surface area contributed by atoms with Crippen molar-refractivity contribution in [2.24, 2.45) is 0 Å². The van der Waals surface area contributed by atoms with Gasteiger partial charge in [0.2, 0.25) is 5.91 Å². The van der Waals surface area contributed by atoms with Crippen molar-refractivity contribution in [2.45, 2.75) is 38.1 Å². The van der Waals surface area contributed by atoms with Crippen LogP contribution in [0.25, 0.3) is 11.0 Å². The Morgan fingerprint density at radius 1 is 1.10 bits per heavy atom. The Morgan fingerprint density at radius 2 is 1.90 bits per heavy atom. The first-order chi connectivity index (χ1) is 14.2. The van der Waals surface area contributed by atoms with Gasteiger partial charge < -0.3 is 10.2 Å². The lowest BCUT2D eigenvalue weighted by Crippen LogP contribution is -2.46. The van der Waals surface area contributed by atoms with Gasteiger partial charge in [0.25, 0.3) is 5.91 Å². The Balaban J connectivity index is 1.21. The van der Waals surface area contributed by atoms with Crippen LogP contribution in [0.1, 0.15) is 41.6 Å². The van der Waals surface area contributed by atoms with Gasteiger partial charge in [-0.25, -0.2) is 0 Å². The van der Waals surface area contributed by atoms with Crippen molar-refractivity contribution >= 4 is 22.8 Å². The van der Waals surface area contributed by atoms with Crippen molar-refractivity contribution in [3.05, 3.63) is 59.7 Å². The summed E-state index contributed by atoms with van der Waals surface area (Å²) in [6, 6.07) is 15.6. The summed E-state index contributed by atoms with van der Waals surface area (Å²) in [4.78, 5) is 26.9. The molecule has 1 aliphatic heterocycles. The molecule has 2 N–H and O–H groups in total. The smallest absolute Gasteiger partial charge is 0.251 e. The molecular formula is C22H25N5O2. The average molecular weight is 391 g/mol. The third-order valence-corrected chi connectivity index (χ3v) is 5.47. The van der Waals surface area contributed by atoms with Crippen LogP contribution in [0.3, 0.4) is 0 Å². The number of likely N-dealkylation sites (tertiary alicyclic amines) is 1. The molecule has 2 heterocycles. The number of nitrogens with one attached hydrogen (secondary N) is 2. The summed E-state index contributed by atoms with van der Waals surface area (Å²) in [5, 5.41) is 13.5. The number of aromatic nitrogens is 3. The summed E-state index contributed by atoms with van der Waals surface area (Å²) in [5.41, 5.74) is 3.32. The molecule has 7 nitrogen and oxygen atoms in total. The van der Waals surface area contributed by atoms with Gasteiger partial charge in [0, 0.05) is 31.1 Å². The summed E-state index contributed by atoms with van der Waals surface area (Å²) in [6.07, 6.45) is 3.92. The third kappa shape index (κ3) is 4.80. The summed E-state index contributed by atoms with van der Waals surface area (Å²) < 4.78 is 0. The fourth-order valence-corrected chi connectivity index (χ4v) is 3.77. The third-order valence-electron chi connectivity index (χ3n) is 5.47. The topological polar surface area (TPSA) is 91.0 Å². The number of hydrogen-bond donors (Lipinski definition) is 2. The molecule has 0 saturated carbocycles. The van der Waals surface area contributed by atoms with Crippen molar-refractivity contribution in [3.63, 3.8) is 0 Å². The predicted octanol–water partition coefficient (Wildman–Crippen LogP) is 2.70. The van der Waals surface area contributed by atoms with E-state index in [1.807, 2.05) is 23.1 Å². The first-order valence-corrected chi connectivity index (χ1v) is 10.1. The van der Waals surface area contributed by atoms with Crippen molar-refractivity contribution in [2.75, 3.05) is 13.1 Å². The molecule has 1 aromatic heterocycles. The number of piperidine rings is 1. The summed E-state index contributed by atoms with van der Waals surface area (Å²) in [6.45, 7) is 1.38. The maximum atomic E-state index is 12.5. The van der Waals surface area contributed by atoms with E-state index in [0.717, 1.165) is 31.2 Å². The number of amides is 2. The number of carbonyl (C=O) groups is 2. The molecule has 0 unspecified atom stereocenters. The van der Waals surface area contributed by atoms with Crippen LogP contribution < -0.4 is 5.32 Å². The number of aryl methyl sites for hydroxylation is 1. The molecule has 29 heavy (non-hydrogen) atoms. The van der Waals surface area contributed by atoms with Gasteiger partial charge in [-0.05, 0) is 49.4 Å². The Kier molecular flexibility index (Phi) is 5.84. The standard InChI is InChI=1S/C22H25N5O2/c28-21(8-4-7-16-5-2-1-3-6-16)27-13-11-18(12-14-27)23-22(29)17-9-10-19-20(15-17)25-26-24-19/h1-3,5-6,9-10,15,18H,4,7-8,11-14H2,(H,23,29)(H,24,25,26). The highest BCUT2D eigenvalue weighted by Gasteiger charge is 2.24. The van der Waals surface area contributed by atoms with E-state index in [-0.39, 0.29) is 17.9 Å². The van der Waals surface area contributed by atoms with Crippen LogP contribution in [-0.4, -0.2) is 51.3 Å². The van der Waals surface area contributed by atoms with Gasteiger partial charge in [-0.3, -0.25) is 14.7 Å². The zero-order valence-electron chi connectivity index (χ0n) is 16.3. The predicted molar refractivity (Wildman–Crippen MR) is 110 cm³/mol. The molecule has 0 radical (unpaired) electrons. The van der Waals surface area contributed by atoms with E-state index in [0.29, 0.717) is 30.6 Å². The van der Waals surface area contributed by atoms with Crippen molar-refractivity contribution < 1.29 is 9.59 Å². The number of fused-ring (bicyclic) bond motifs is 1. The van der Waals surface area contributed by atoms with Crippen molar-refractivity contribution in [3.8, 4) is 0 Å². The molecule has 2 aromatic carbocycles. The molecule has 0 bridgehead atoms. The Morgan fingerprint density at radius 3 is 2.69 bits per heavy atom. The molecule has 4 rings (SSSR count). The highest BCUT2D eigenvalue weighted by molar-refractivity contribution is 5.97. The molecule has 3 aromatic rings. The number of hydrogen-bond acceptors (Lipinski definition) is 4. The van der Waals surface area contributed by atoms with Gasteiger partial charge in [0.15, 0.2) is 0 Å². The van der Waals surface area contributed by atoms with E-state index in [1.54, 1.807) is 18.2 Å². The van der Waals surface area contributed by atoms with Crippen LogP contribution in [0, 0.1) is 0 Å². The number of nitrogens with zero attached hydrogens (tertiary/aromatic N) is 3. The average Bonchev–Trinajstić information content (AvgIpc) is 3.23. The van der Waals surface area contributed by atoms with Gasteiger partial charge in [0.05, 0.1) is 5.52 Å². The summed E-state index contributed by atoms with van der Waals surface area (Å²) in [5.74, 6) is 0.102. The highest BCUT2D eigenvalue weighted by atomic mass is 16.2. The minimum absolute atomic E-state index is 0.0869. The molecule has 0 spiro atoms. The lowest BCUT2D eigenvalue weighted by molar-refractivity contribution is -0.132. The van der Waals surface area contributed by atoms with Crippen molar-refractivity contribution in [1.29, 1.82) is 0 Å². The fourth-order valence-electron chi connectivity index (χ4n) is 3.77. The molecule has 2 amide bonds. The normalized spacial score (nSPS) is 14.8. The minimum atomic E-state index is -0.109. The Labute approximate surface area is 169 Å². The van der Waals surface area contributed by atoms with Gasteiger partial charge in [-0.15, -0.1) is 5.10 Å². The van der Waals surface area contributed by atoms with E-state index in [1.165, 1.54) is 5.56 Å². The van der Waals surface area contributed by atoms with Gasteiger partial charge in [0.1, 0.15) is 5.52 Å².